The smallest absolute Gasteiger partial charge is 0.274 e. The molecule has 2 aromatic rings. The highest BCUT2D eigenvalue weighted by molar-refractivity contribution is 5.94. The Morgan fingerprint density at radius 1 is 1.18 bits per heavy atom. The van der Waals surface area contributed by atoms with Gasteiger partial charge >= 0.3 is 0 Å². The van der Waals surface area contributed by atoms with Crippen LogP contribution < -0.4 is 0 Å². The van der Waals surface area contributed by atoms with Crippen LogP contribution >= 0.6 is 0 Å². The molecule has 3 heterocycles. The summed E-state index contributed by atoms with van der Waals surface area (Å²) >= 11 is 0. The lowest BCUT2D eigenvalue weighted by molar-refractivity contribution is 0.0754. The topological polar surface area (TPSA) is 40.9 Å². The Morgan fingerprint density at radius 3 is 2.59 bits per heavy atom. The summed E-state index contributed by atoms with van der Waals surface area (Å²) in [5.41, 5.74) is 2.44. The average molecular weight is 300 g/mol. The van der Waals surface area contributed by atoms with Gasteiger partial charge < -0.3 is 14.2 Å². The molecular formula is C17H24N4O. The van der Waals surface area contributed by atoms with E-state index in [1.807, 2.05) is 47.8 Å². The highest BCUT2D eigenvalue weighted by atomic mass is 16.2. The van der Waals surface area contributed by atoms with E-state index in [4.69, 9.17) is 0 Å². The molecule has 0 aromatic carbocycles. The number of imidazole rings is 1. The number of carbonyl (C=O) groups is 1. The van der Waals surface area contributed by atoms with E-state index in [0.717, 1.165) is 37.3 Å². The molecule has 1 fully saturated rings. The molecule has 2 aromatic heterocycles. The summed E-state index contributed by atoms with van der Waals surface area (Å²) in [5.74, 6) is 0.0856. The summed E-state index contributed by atoms with van der Waals surface area (Å²) in [7, 11) is 4.03. The van der Waals surface area contributed by atoms with Crippen LogP contribution in [0.3, 0.4) is 0 Å². The second-order valence-electron chi connectivity index (χ2n) is 6.28. The van der Waals surface area contributed by atoms with Crippen molar-refractivity contribution in [1.82, 2.24) is 19.2 Å². The van der Waals surface area contributed by atoms with Crippen LogP contribution in [0.25, 0.3) is 5.65 Å². The highest BCUT2D eigenvalue weighted by Gasteiger charge is 2.24. The first kappa shape index (κ1) is 15.0. The third kappa shape index (κ3) is 2.99. The number of aromatic nitrogens is 2. The molecule has 118 valence electrons. The molecule has 1 amide bonds. The van der Waals surface area contributed by atoms with Crippen molar-refractivity contribution in [2.75, 3.05) is 27.2 Å². The molecule has 0 saturated carbocycles. The van der Waals surface area contributed by atoms with Gasteiger partial charge in [-0.2, -0.15) is 0 Å². The third-order valence-electron chi connectivity index (χ3n) is 4.19. The summed E-state index contributed by atoms with van der Waals surface area (Å²) in [6.07, 6.45) is 6.63. The van der Waals surface area contributed by atoms with E-state index in [0.29, 0.717) is 12.2 Å². The fourth-order valence-electron chi connectivity index (χ4n) is 3.09. The Morgan fingerprint density at radius 2 is 1.91 bits per heavy atom. The van der Waals surface area contributed by atoms with E-state index in [-0.39, 0.29) is 5.91 Å². The predicted molar refractivity (Wildman–Crippen MR) is 87.0 cm³/mol. The number of likely N-dealkylation sites (tertiary alicyclic amines) is 1. The minimum Gasteiger partial charge on any atom is -0.337 e. The van der Waals surface area contributed by atoms with Crippen LogP contribution in [0.5, 0.6) is 0 Å². The van der Waals surface area contributed by atoms with Gasteiger partial charge in [-0.3, -0.25) is 4.79 Å². The van der Waals surface area contributed by atoms with Crippen LogP contribution in [0.15, 0.2) is 24.4 Å². The van der Waals surface area contributed by atoms with Crippen molar-refractivity contribution in [3.8, 4) is 0 Å². The zero-order valence-electron chi connectivity index (χ0n) is 13.5. The van der Waals surface area contributed by atoms with Gasteiger partial charge in [0.1, 0.15) is 5.65 Å². The molecule has 22 heavy (non-hydrogen) atoms. The summed E-state index contributed by atoms with van der Waals surface area (Å²) < 4.78 is 2.03. The lowest BCUT2D eigenvalue weighted by Crippen LogP contribution is -2.33. The Labute approximate surface area is 131 Å². The van der Waals surface area contributed by atoms with E-state index in [1.165, 1.54) is 12.8 Å². The minimum absolute atomic E-state index is 0.0856. The van der Waals surface area contributed by atoms with Crippen molar-refractivity contribution >= 4 is 11.6 Å². The maximum atomic E-state index is 13.0. The van der Waals surface area contributed by atoms with Gasteiger partial charge in [0.25, 0.3) is 5.91 Å². The molecule has 1 aliphatic heterocycles. The van der Waals surface area contributed by atoms with Gasteiger partial charge in [-0.15, -0.1) is 0 Å². The standard InChI is InChI=1S/C17H24N4O/c1-19(2)13-14-16(18-15-9-5-8-12-21(14)15)17(22)20-10-6-3-4-7-11-20/h5,8-9,12H,3-4,6-7,10-11,13H2,1-2H3. The molecular weight excluding hydrogens is 276 g/mol. The van der Waals surface area contributed by atoms with Gasteiger partial charge in [0.05, 0.1) is 5.69 Å². The Kier molecular flexibility index (Phi) is 4.43. The first-order chi connectivity index (χ1) is 10.7. The molecule has 0 bridgehead atoms. The summed E-state index contributed by atoms with van der Waals surface area (Å²) in [5, 5.41) is 0. The van der Waals surface area contributed by atoms with Crippen LogP contribution in [-0.2, 0) is 6.54 Å². The molecule has 1 saturated heterocycles. The fourth-order valence-corrected chi connectivity index (χ4v) is 3.09. The zero-order chi connectivity index (χ0) is 15.5. The Hall–Kier alpha value is -1.88. The van der Waals surface area contributed by atoms with Crippen LogP contribution in [0.2, 0.25) is 0 Å². The van der Waals surface area contributed by atoms with Gasteiger partial charge in [-0.1, -0.05) is 18.9 Å². The molecule has 1 aliphatic rings. The van der Waals surface area contributed by atoms with E-state index in [2.05, 4.69) is 9.88 Å². The van der Waals surface area contributed by atoms with Crippen LogP contribution in [0, 0.1) is 0 Å². The quantitative estimate of drug-likeness (QED) is 0.874. The Balaban J connectivity index is 1.99. The first-order valence-corrected chi connectivity index (χ1v) is 8.07. The number of nitrogens with zero attached hydrogens (tertiary/aromatic N) is 4. The second kappa shape index (κ2) is 6.48. The number of rotatable bonds is 3. The van der Waals surface area contributed by atoms with E-state index in [1.54, 1.807) is 0 Å². The largest absolute Gasteiger partial charge is 0.337 e. The van der Waals surface area contributed by atoms with Gasteiger partial charge in [0.2, 0.25) is 0 Å². The molecule has 5 heteroatoms. The molecule has 0 atom stereocenters. The monoisotopic (exact) mass is 300 g/mol. The number of hydrogen-bond donors (Lipinski definition) is 0. The molecule has 0 aliphatic carbocycles. The fraction of sp³-hybridized carbons (Fsp3) is 0.529. The summed E-state index contributed by atoms with van der Waals surface area (Å²) in [6, 6.07) is 5.90. The lowest BCUT2D eigenvalue weighted by atomic mass is 10.2. The van der Waals surface area contributed by atoms with Crippen LogP contribution in [0.4, 0.5) is 0 Å². The van der Waals surface area contributed by atoms with E-state index < -0.39 is 0 Å². The van der Waals surface area contributed by atoms with Crippen molar-refractivity contribution in [2.24, 2.45) is 0 Å². The number of carbonyl (C=O) groups excluding carboxylic acids is 1. The van der Waals surface area contributed by atoms with Crippen LogP contribution in [-0.4, -0.2) is 52.3 Å². The molecule has 5 nitrogen and oxygen atoms in total. The SMILES string of the molecule is CN(C)Cc1c(C(=O)N2CCCCCC2)nc2ccccn12. The maximum absolute atomic E-state index is 13.0. The molecule has 0 spiro atoms. The zero-order valence-corrected chi connectivity index (χ0v) is 13.5. The number of pyridine rings is 1. The molecule has 0 unspecified atom stereocenters. The molecule has 3 rings (SSSR count). The predicted octanol–water partition coefficient (Wildman–Crippen LogP) is 2.41. The van der Waals surface area contributed by atoms with E-state index >= 15 is 0 Å². The van der Waals surface area contributed by atoms with Crippen molar-refractivity contribution in [3.63, 3.8) is 0 Å². The van der Waals surface area contributed by atoms with Crippen molar-refractivity contribution in [2.45, 2.75) is 32.2 Å². The molecule has 0 radical (unpaired) electrons. The minimum atomic E-state index is 0.0856. The maximum Gasteiger partial charge on any atom is 0.274 e. The van der Waals surface area contributed by atoms with Gasteiger partial charge in [-0.25, -0.2) is 4.98 Å². The second-order valence-corrected chi connectivity index (χ2v) is 6.28. The average Bonchev–Trinajstić information content (AvgIpc) is 2.70. The Bertz CT molecular complexity index is 654. The van der Waals surface area contributed by atoms with Gasteiger partial charge in [-0.05, 0) is 39.1 Å². The van der Waals surface area contributed by atoms with Crippen molar-refractivity contribution in [3.05, 3.63) is 35.8 Å². The summed E-state index contributed by atoms with van der Waals surface area (Å²) in [6.45, 7) is 2.42. The van der Waals surface area contributed by atoms with Gasteiger partial charge in [0.15, 0.2) is 5.69 Å². The normalized spacial score (nSPS) is 16.2. The number of fused-ring (bicyclic) bond motifs is 1. The van der Waals surface area contributed by atoms with Crippen molar-refractivity contribution < 1.29 is 4.79 Å². The summed E-state index contributed by atoms with van der Waals surface area (Å²) in [4.78, 5) is 21.6. The first-order valence-electron chi connectivity index (χ1n) is 8.07. The van der Waals surface area contributed by atoms with Gasteiger partial charge in [0, 0.05) is 25.8 Å². The van der Waals surface area contributed by atoms with Crippen LogP contribution in [0.1, 0.15) is 41.9 Å². The number of amides is 1. The highest BCUT2D eigenvalue weighted by Crippen LogP contribution is 2.18. The van der Waals surface area contributed by atoms with Crippen molar-refractivity contribution in [1.29, 1.82) is 0 Å². The number of hydrogen-bond acceptors (Lipinski definition) is 3. The van der Waals surface area contributed by atoms with E-state index in [9.17, 15) is 4.79 Å². The third-order valence-corrected chi connectivity index (χ3v) is 4.19. The lowest BCUT2D eigenvalue weighted by Gasteiger charge is -2.20. The molecule has 0 N–H and O–H groups in total.